The Bertz CT molecular complexity index is 554. The fourth-order valence-corrected chi connectivity index (χ4v) is 3.33. The molecule has 0 saturated heterocycles. The summed E-state index contributed by atoms with van der Waals surface area (Å²) in [6.45, 7) is 12.8. The monoisotopic (exact) mass is 338 g/mol. The zero-order chi connectivity index (χ0) is 17.0. The quantitative estimate of drug-likeness (QED) is 0.441. The van der Waals surface area contributed by atoms with Crippen LogP contribution in [0.1, 0.15) is 5.56 Å². The van der Waals surface area contributed by atoms with Crippen LogP contribution in [0.15, 0.2) is 24.3 Å². The number of hydrogen-bond acceptors (Lipinski definition) is 4. The fourth-order valence-electron chi connectivity index (χ4n) is 1.68. The zero-order valence-electron chi connectivity index (χ0n) is 14.5. The summed E-state index contributed by atoms with van der Waals surface area (Å²) in [4.78, 5) is 11.2. The molecule has 22 heavy (non-hydrogen) atoms. The van der Waals surface area contributed by atoms with Crippen molar-refractivity contribution < 1.29 is 18.4 Å². The number of carbonyl (C=O) groups excluding carboxylic acids is 1. The van der Waals surface area contributed by atoms with Crippen LogP contribution in [-0.2, 0) is 9.53 Å². The van der Waals surface area contributed by atoms with Crippen LogP contribution >= 0.6 is 0 Å². The molecule has 0 bridgehead atoms. The highest BCUT2D eigenvalue weighted by atomic mass is 28.4. The Morgan fingerprint density at radius 2 is 1.50 bits per heavy atom. The second kappa shape index (κ2) is 7.15. The van der Waals surface area contributed by atoms with Crippen LogP contribution in [0, 0.1) is 0 Å². The predicted molar refractivity (Wildman–Crippen MR) is 95.4 cm³/mol. The third-order valence-corrected chi connectivity index (χ3v) is 4.08. The normalized spacial score (nSPS) is 12.3. The van der Waals surface area contributed by atoms with Crippen molar-refractivity contribution in [2.45, 2.75) is 39.3 Å². The van der Waals surface area contributed by atoms with Gasteiger partial charge in [0, 0.05) is 6.08 Å². The Hall–Kier alpha value is -1.54. The molecule has 0 spiro atoms. The van der Waals surface area contributed by atoms with Gasteiger partial charge < -0.3 is 13.6 Å². The molecule has 1 aromatic rings. The summed E-state index contributed by atoms with van der Waals surface area (Å²) in [5, 5.41) is 0. The highest BCUT2D eigenvalue weighted by molar-refractivity contribution is 6.71. The molecule has 0 heterocycles. The maximum atomic E-state index is 11.2. The Morgan fingerprint density at radius 1 is 0.955 bits per heavy atom. The number of methoxy groups -OCH3 is 1. The van der Waals surface area contributed by atoms with E-state index in [1.165, 1.54) is 13.2 Å². The molecule has 0 fully saturated rings. The van der Waals surface area contributed by atoms with Crippen molar-refractivity contribution in [3.63, 3.8) is 0 Å². The maximum absolute atomic E-state index is 11.2. The molecule has 0 N–H and O–H groups in total. The van der Waals surface area contributed by atoms with Gasteiger partial charge in [0.1, 0.15) is 11.5 Å². The van der Waals surface area contributed by atoms with Crippen LogP contribution in [0.3, 0.4) is 0 Å². The molecule has 1 rings (SSSR count). The summed E-state index contributed by atoms with van der Waals surface area (Å²) < 4.78 is 16.8. The highest BCUT2D eigenvalue weighted by Crippen LogP contribution is 2.33. The minimum Gasteiger partial charge on any atom is -0.542 e. The van der Waals surface area contributed by atoms with Gasteiger partial charge in [0.15, 0.2) is 0 Å². The summed E-state index contributed by atoms with van der Waals surface area (Å²) in [7, 11) is -2.12. The number of carbonyl (C=O) groups is 1. The molecular formula is C16H26O4Si2. The van der Waals surface area contributed by atoms with Crippen molar-refractivity contribution >= 4 is 28.7 Å². The van der Waals surface area contributed by atoms with Crippen LogP contribution in [0.4, 0.5) is 0 Å². The lowest BCUT2D eigenvalue weighted by molar-refractivity contribution is -0.134. The van der Waals surface area contributed by atoms with Crippen molar-refractivity contribution in [3.8, 4) is 11.5 Å². The molecule has 0 unspecified atom stereocenters. The second-order valence-electron chi connectivity index (χ2n) is 6.99. The van der Waals surface area contributed by atoms with Crippen molar-refractivity contribution in [3.05, 3.63) is 29.8 Å². The van der Waals surface area contributed by atoms with E-state index in [1.807, 2.05) is 18.2 Å². The molecule has 0 atom stereocenters. The van der Waals surface area contributed by atoms with Crippen LogP contribution in [0.25, 0.3) is 6.08 Å². The molecule has 0 radical (unpaired) electrons. The van der Waals surface area contributed by atoms with Gasteiger partial charge in [-0.25, -0.2) is 4.79 Å². The van der Waals surface area contributed by atoms with Gasteiger partial charge in [-0.05, 0) is 63.1 Å². The van der Waals surface area contributed by atoms with Crippen LogP contribution in [0.5, 0.6) is 11.5 Å². The number of rotatable bonds is 6. The van der Waals surface area contributed by atoms with E-state index in [0.717, 1.165) is 17.1 Å². The topological polar surface area (TPSA) is 44.8 Å². The van der Waals surface area contributed by atoms with Crippen molar-refractivity contribution in [1.82, 2.24) is 0 Å². The lowest BCUT2D eigenvalue weighted by Gasteiger charge is -2.26. The van der Waals surface area contributed by atoms with Gasteiger partial charge in [0.2, 0.25) is 16.6 Å². The Labute approximate surface area is 135 Å². The van der Waals surface area contributed by atoms with E-state index >= 15 is 0 Å². The third kappa shape index (κ3) is 6.95. The van der Waals surface area contributed by atoms with E-state index in [4.69, 9.17) is 8.85 Å². The van der Waals surface area contributed by atoms with Gasteiger partial charge in [-0.1, -0.05) is 6.07 Å². The van der Waals surface area contributed by atoms with Gasteiger partial charge in [0.05, 0.1) is 7.11 Å². The van der Waals surface area contributed by atoms with Gasteiger partial charge in [0.25, 0.3) is 0 Å². The highest BCUT2D eigenvalue weighted by Gasteiger charge is 2.22. The van der Waals surface area contributed by atoms with E-state index in [-0.39, 0.29) is 5.97 Å². The first kappa shape index (κ1) is 18.5. The van der Waals surface area contributed by atoms with Gasteiger partial charge in [-0.2, -0.15) is 0 Å². The van der Waals surface area contributed by atoms with Crippen molar-refractivity contribution in [1.29, 1.82) is 0 Å². The van der Waals surface area contributed by atoms with Gasteiger partial charge >= 0.3 is 5.97 Å². The van der Waals surface area contributed by atoms with E-state index in [2.05, 4.69) is 44.0 Å². The van der Waals surface area contributed by atoms with E-state index in [1.54, 1.807) is 6.08 Å². The number of hydrogen-bond donors (Lipinski definition) is 0. The molecule has 122 valence electrons. The minimum atomic E-state index is -1.76. The first-order valence-electron chi connectivity index (χ1n) is 7.28. The van der Waals surface area contributed by atoms with Crippen LogP contribution < -0.4 is 8.85 Å². The first-order valence-corrected chi connectivity index (χ1v) is 14.1. The molecule has 1 aromatic carbocycles. The Morgan fingerprint density at radius 3 is 2.00 bits per heavy atom. The molecule has 0 aromatic heterocycles. The first-order chi connectivity index (χ1) is 10.00. The molecule has 0 amide bonds. The zero-order valence-corrected chi connectivity index (χ0v) is 16.5. The number of esters is 1. The van der Waals surface area contributed by atoms with Crippen LogP contribution in [-0.4, -0.2) is 29.7 Å². The summed E-state index contributed by atoms with van der Waals surface area (Å²) in [5.74, 6) is 1.14. The Balaban J connectivity index is 3.13. The van der Waals surface area contributed by atoms with E-state index < -0.39 is 16.6 Å². The lowest BCUT2D eigenvalue weighted by atomic mass is 10.2. The number of benzene rings is 1. The summed E-state index contributed by atoms with van der Waals surface area (Å²) >= 11 is 0. The smallest absolute Gasteiger partial charge is 0.330 e. The third-order valence-electron chi connectivity index (χ3n) is 2.41. The largest absolute Gasteiger partial charge is 0.542 e. The number of ether oxygens (including phenoxy) is 1. The molecule has 0 aliphatic carbocycles. The molecule has 6 heteroatoms. The van der Waals surface area contributed by atoms with Gasteiger partial charge in [-0.15, -0.1) is 0 Å². The lowest BCUT2D eigenvalue weighted by Crippen LogP contribution is -2.32. The van der Waals surface area contributed by atoms with E-state index in [0.29, 0.717) is 0 Å². The summed E-state index contributed by atoms with van der Waals surface area (Å²) in [6.07, 6.45) is 3.11. The average Bonchev–Trinajstić information content (AvgIpc) is 2.35. The van der Waals surface area contributed by atoms with Gasteiger partial charge in [-0.3, -0.25) is 0 Å². The standard InChI is InChI=1S/C16H26O4Si2/c1-18-16(17)11-9-13-8-10-14(19-21(2,3)4)15(12-13)20-22(5,6)7/h8-12H,1-7H3/b11-9+. The van der Waals surface area contributed by atoms with Crippen molar-refractivity contribution in [2.24, 2.45) is 0 Å². The molecule has 4 nitrogen and oxygen atoms in total. The SMILES string of the molecule is COC(=O)/C=C/c1ccc(O[Si](C)(C)C)c(O[Si](C)(C)C)c1. The predicted octanol–water partition coefficient (Wildman–Crippen LogP) is 4.30. The Kier molecular flexibility index (Phi) is 6.02. The van der Waals surface area contributed by atoms with Crippen LogP contribution in [0.2, 0.25) is 39.3 Å². The second-order valence-corrected chi connectivity index (χ2v) is 15.8. The average molecular weight is 339 g/mol. The molecule has 0 saturated carbocycles. The molecule has 0 aliphatic rings. The summed E-state index contributed by atoms with van der Waals surface area (Å²) in [6, 6.07) is 5.73. The molecule has 0 aliphatic heterocycles. The van der Waals surface area contributed by atoms with E-state index in [9.17, 15) is 4.79 Å². The summed E-state index contributed by atoms with van der Waals surface area (Å²) in [5.41, 5.74) is 0.876. The van der Waals surface area contributed by atoms with Crippen molar-refractivity contribution in [2.75, 3.05) is 7.11 Å². The molecular weight excluding hydrogens is 312 g/mol. The minimum absolute atomic E-state index is 0.380. The maximum Gasteiger partial charge on any atom is 0.330 e. The fraction of sp³-hybridized carbons (Fsp3) is 0.438.